The fourth-order valence-electron chi connectivity index (χ4n) is 1.86. The quantitative estimate of drug-likeness (QED) is 0.772. The van der Waals surface area contributed by atoms with Gasteiger partial charge in [0.2, 0.25) is 0 Å². The number of hydrogen-bond donors (Lipinski definition) is 0. The molecule has 84 valence electrons. The van der Waals surface area contributed by atoms with E-state index >= 15 is 0 Å². The molecule has 1 aromatic carbocycles. The van der Waals surface area contributed by atoms with Gasteiger partial charge in [-0.2, -0.15) is 0 Å². The van der Waals surface area contributed by atoms with E-state index in [0.717, 1.165) is 17.9 Å². The molecule has 0 aliphatic carbocycles. The molecule has 0 radical (unpaired) electrons. The summed E-state index contributed by atoms with van der Waals surface area (Å²) in [6.45, 7) is 6.81. The van der Waals surface area contributed by atoms with Gasteiger partial charge in [0.05, 0.1) is 10.9 Å². The molecule has 0 saturated heterocycles. The first-order valence-electron chi connectivity index (χ1n) is 5.56. The van der Waals surface area contributed by atoms with Gasteiger partial charge in [0, 0.05) is 6.54 Å². The number of nitrogens with zero attached hydrogens (tertiary/aromatic N) is 2. The molecule has 0 aliphatic heterocycles. The topological polar surface area (TPSA) is 34.9 Å². The molecule has 1 heterocycles. The molecule has 3 nitrogen and oxygen atoms in total. The third-order valence-corrected chi connectivity index (χ3v) is 2.60. The first-order valence-corrected chi connectivity index (χ1v) is 5.56. The van der Waals surface area contributed by atoms with Gasteiger partial charge in [0.1, 0.15) is 5.82 Å². The molecule has 0 saturated carbocycles. The first-order chi connectivity index (χ1) is 7.59. The van der Waals surface area contributed by atoms with E-state index in [1.54, 1.807) is 4.57 Å². The predicted octanol–water partition coefficient (Wildman–Crippen LogP) is 2.36. The monoisotopic (exact) mass is 216 g/mol. The Balaban J connectivity index is 2.71. The minimum Gasteiger partial charge on any atom is -0.296 e. The number of rotatable bonds is 2. The lowest BCUT2D eigenvalue weighted by molar-refractivity contribution is 0.498. The van der Waals surface area contributed by atoms with Crippen LogP contribution in [0, 0.1) is 12.8 Å². The Hall–Kier alpha value is -1.64. The third kappa shape index (κ3) is 1.85. The van der Waals surface area contributed by atoms with Crippen molar-refractivity contribution in [3.8, 4) is 0 Å². The lowest BCUT2D eigenvalue weighted by atomic mass is 10.2. The van der Waals surface area contributed by atoms with Gasteiger partial charge in [0.25, 0.3) is 5.56 Å². The molecule has 0 N–H and O–H groups in total. The summed E-state index contributed by atoms with van der Waals surface area (Å²) in [6.07, 6.45) is 0. The summed E-state index contributed by atoms with van der Waals surface area (Å²) in [4.78, 5) is 16.7. The Morgan fingerprint density at radius 1 is 1.31 bits per heavy atom. The zero-order chi connectivity index (χ0) is 11.7. The van der Waals surface area contributed by atoms with Crippen LogP contribution in [-0.2, 0) is 6.54 Å². The summed E-state index contributed by atoms with van der Waals surface area (Å²) in [5.41, 5.74) is 0.849. The van der Waals surface area contributed by atoms with E-state index in [1.807, 2.05) is 31.2 Å². The molecular weight excluding hydrogens is 200 g/mol. The van der Waals surface area contributed by atoms with Crippen LogP contribution in [0.15, 0.2) is 29.1 Å². The summed E-state index contributed by atoms with van der Waals surface area (Å²) >= 11 is 0. The zero-order valence-corrected chi connectivity index (χ0v) is 9.90. The number of aryl methyl sites for hydroxylation is 1. The minimum absolute atomic E-state index is 0.0665. The van der Waals surface area contributed by atoms with Gasteiger partial charge in [-0.3, -0.25) is 9.36 Å². The third-order valence-electron chi connectivity index (χ3n) is 2.60. The van der Waals surface area contributed by atoms with Crippen molar-refractivity contribution in [1.82, 2.24) is 9.55 Å². The Morgan fingerprint density at radius 2 is 2.00 bits per heavy atom. The molecule has 16 heavy (non-hydrogen) atoms. The molecule has 0 fully saturated rings. The lowest BCUT2D eigenvalue weighted by Gasteiger charge is -2.12. The van der Waals surface area contributed by atoms with Gasteiger partial charge in [-0.1, -0.05) is 26.0 Å². The van der Waals surface area contributed by atoms with Crippen LogP contribution < -0.4 is 5.56 Å². The highest BCUT2D eigenvalue weighted by Gasteiger charge is 2.08. The van der Waals surface area contributed by atoms with E-state index < -0.39 is 0 Å². The number of hydrogen-bond acceptors (Lipinski definition) is 2. The largest absolute Gasteiger partial charge is 0.296 e. The fraction of sp³-hybridized carbons (Fsp3) is 0.385. The molecule has 0 unspecified atom stereocenters. The molecular formula is C13H16N2O. The van der Waals surface area contributed by atoms with E-state index in [2.05, 4.69) is 18.8 Å². The zero-order valence-electron chi connectivity index (χ0n) is 9.90. The molecule has 3 heteroatoms. The van der Waals surface area contributed by atoms with Gasteiger partial charge in [0.15, 0.2) is 0 Å². The van der Waals surface area contributed by atoms with E-state index in [0.29, 0.717) is 11.3 Å². The van der Waals surface area contributed by atoms with E-state index in [-0.39, 0.29) is 5.56 Å². The minimum atomic E-state index is 0.0665. The van der Waals surface area contributed by atoms with Gasteiger partial charge in [-0.25, -0.2) is 4.98 Å². The number of benzene rings is 1. The van der Waals surface area contributed by atoms with E-state index in [4.69, 9.17) is 0 Å². The van der Waals surface area contributed by atoms with Crippen LogP contribution in [0.25, 0.3) is 10.9 Å². The molecule has 2 aromatic rings. The first kappa shape index (κ1) is 10.9. The normalized spacial score (nSPS) is 11.2. The van der Waals surface area contributed by atoms with Gasteiger partial charge >= 0.3 is 0 Å². The molecule has 0 amide bonds. The summed E-state index contributed by atoms with van der Waals surface area (Å²) in [6, 6.07) is 7.49. The van der Waals surface area contributed by atoms with Crippen molar-refractivity contribution in [2.45, 2.75) is 27.3 Å². The smallest absolute Gasteiger partial charge is 0.261 e. The molecule has 2 rings (SSSR count). The summed E-state index contributed by atoms with van der Waals surface area (Å²) in [5, 5.41) is 0.703. The Morgan fingerprint density at radius 3 is 2.69 bits per heavy atom. The molecule has 0 aliphatic rings. The van der Waals surface area contributed by atoms with Crippen molar-refractivity contribution < 1.29 is 0 Å². The van der Waals surface area contributed by atoms with Crippen LogP contribution in [0.5, 0.6) is 0 Å². The van der Waals surface area contributed by atoms with Crippen molar-refractivity contribution >= 4 is 10.9 Å². The number of fused-ring (bicyclic) bond motifs is 1. The van der Waals surface area contributed by atoms with Crippen LogP contribution in [0.3, 0.4) is 0 Å². The fourth-order valence-corrected chi connectivity index (χ4v) is 1.86. The van der Waals surface area contributed by atoms with Gasteiger partial charge in [-0.05, 0) is 25.0 Å². The molecule has 1 aromatic heterocycles. The van der Waals surface area contributed by atoms with Crippen molar-refractivity contribution in [2.24, 2.45) is 5.92 Å². The second-order valence-electron chi connectivity index (χ2n) is 4.49. The predicted molar refractivity (Wildman–Crippen MR) is 65.6 cm³/mol. The SMILES string of the molecule is Cc1nc2ccccc2c(=O)n1CC(C)C. The maximum absolute atomic E-state index is 12.2. The highest BCUT2D eigenvalue weighted by molar-refractivity contribution is 5.77. The maximum atomic E-state index is 12.2. The van der Waals surface area contributed by atoms with Gasteiger partial charge in [-0.15, -0.1) is 0 Å². The number of aromatic nitrogens is 2. The Kier molecular flexibility index (Phi) is 2.77. The van der Waals surface area contributed by atoms with Crippen molar-refractivity contribution in [1.29, 1.82) is 0 Å². The van der Waals surface area contributed by atoms with Crippen molar-refractivity contribution in [3.63, 3.8) is 0 Å². The van der Waals surface area contributed by atoms with E-state index in [9.17, 15) is 4.79 Å². The molecule has 0 bridgehead atoms. The van der Waals surface area contributed by atoms with Crippen LogP contribution in [0.1, 0.15) is 19.7 Å². The summed E-state index contributed by atoms with van der Waals surface area (Å²) in [5.74, 6) is 1.23. The van der Waals surface area contributed by atoms with Crippen LogP contribution in [0.4, 0.5) is 0 Å². The van der Waals surface area contributed by atoms with Crippen molar-refractivity contribution in [3.05, 3.63) is 40.4 Å². The maximum Gasteiger partial charge on any atom is 0.261 e. The average molecular weight is 216 g/mol. The molecule has 0 spiro atoms. The summed E-state index contributed by atoms with van der Waals surface area (Å²) in [7, 11) is 0. The second-order valence-corrected chi connectivity index (χ2v) is 4.49. The van der Waals surface area contributed by atoms with Gasteiger partial charge < -0.3 is 0 Å². The molecule has 0 atom stereocenters. The number of para-hydroxylation sites is 1. The highest BCUT2D eigenvalue weighted by atomic mass is 16.1. The Bertz CT molecular complexity index is 570. The average Bonchev–Trinajstić information content (AvgIpc) is 2.24. The highest BCUT2D eigenvalue weighted by Crippen LogP contribution is 2.08. The Labute approximate surface area is 94.7 Å². The van der Waals surface area contributed by atoms with Crippen molar-refractivity contribution in [2.75, 3.05) is 0 Å². The lowest BCUT2D eigenvalue weighted by Crippen LogP contribution is -2.25. The van der Waals surface area contributed by atoms with E-state index in [1.165, 1.54) is 0 Å². The van der Waals surface area contributed by atoms with Crippen LogP contribution in [-0.4, -0.2) is 9.55 Å². The second kappa shape index (κ2) is 4.08. The standard InChI is InChI=1S/C13H16N2O/c1-9(2)8-15-10(3)14-12-7-5-4-6-11(12)13(15)16/h4-7,9H,8H2,1-3H3. The summed E-state index contributed by atoms with van der Waals surface area (Å²) < 4.78 is 1.76. The van der Waals surface area contributed by atoms with Crippen LogP contribution in [0.2, 0.25) is 0 Å². The van der Waals surface area contributed by atoms with Crippen LogP contribution >= 0.6 is 0 Å².